The first-order valence-electron chi connectivity index (χ1n) is 6.08. The maximum Gasteiger partial charge on any atom is 0.243 e. The van der Waals surface area contributed by atoms with Crippen LogP contribution in [-0.2, 0) is 16.1 Å². The third-order valence-corrected chi connectivity index (χ3v) is 3.73. The predicted molar refractivity (Wildman–Crippen MR) is 74.3 cm³/mol. The predicted octanol–water partition coefficient (Wildman–Crippen LogP) is 0.604. The minimum absolute atomic E-state index is 0.0265. The molecule has 0 radical (unpaired) electrons. The van der Waals surface area contributed by atoms with E-state index in [-0.39, 0.29) is 6.61 Å². The van der Waals surface area contributed by atoms with Crippen molar-refractivity contribution in [2.75, 3.05) is 19.8 Å². The lowest BCUT2D eigenvalue weighted by Gasteiger charge is -2.06. The Bertz CT molecular complexity index is 576. The molecule has 0 aliphatic carbocycles. The maximum absolute atomic E-state index is 10.5. The Morgan fingerprint density at radius 2 is 2.37 bits per heavy atom. The molecular weight excluding hydrogens is 264 g/mol. The number of aryl methyl sites for hydroxylation is 2. The van der Waals surface area contributed by atoms with E-state index in [0.29, 0.717) is 13.2 Å². The van der Waals surface area contributed by atoms with E-state index in [1.165, 1.54) is 11.4 Å². The van der Waals surface area contributed by atoms with Crippen molar-refractivity contribution < 1.29 is 9.53 Å². The van der Waals surface area contributed by atoms with Gasteiger partial charge in [0.05, 0.1) is 18.0 Å². The summed E-state index contributed by atoms with van der Waals surface area (Å²) in [5.41, 5.74) is 8.39. The lowest BCUT2D eigenvalue weighted by Crippen LogP contribution is -2.24. The van der Waals surface area contributed by atoms with Gasteiger partial charge in [0.2, 0.25) is 5.91 Å². The number of hydrogen-bond acceptors (Lipinski definition) is 5. The number of nitrogens with zero attached hydrogens (tertiary/aromatic N) is 2. The van der Waals surface area contributed by atoms with Gasteiger partial charge in [-0.2, -0.15) is 0 Å². The Kier molecular flexibility index (Phi) is 4.52. The molecule has 0 bridgehead atoms. The number of aromatic nitrogens is 2. The average Bonchev–Trinajstić information content (AvgIpc) is 2.84. The first-order chi connectivity index (χ1) is 9.09. The van der Waals surface area contributed by atoms with Gasteiger partial charge in [0, 0.05) is 24.2 Å². The smallest absolute Gasteiger partial charge is 0.243 e. The summed E-state index contributed by atoms with van der Waals surface area (Å²) in [5, 5.41) is 5.38. The number of nitrogens with one attached hydrogen (secondary N) is 1. The number of rotatable bonds is 7. The fourth-order valence-electron chi connectivity index (χ4n) is 1.90. The first kappa shape index (κ1) is 14.0. The maximum atomic E-state index is 10.5. The summed E-state index contributed by atoms with van der Waals surface area (Å²) in [5.74, 6) is -0.442. The van der Waals surface area contributed by atoms with Crippen LogP contribution in [0.5, 0.6) is 0 Å². The Labute approximate surface area is 115 Å². The molecule has 3 N–H and O–H groups in total. The van der Waals surface area contributed by atoms with Gasteiger partial charge in [-0.05, 0) is 13.8 Å². The molecule has 0 aromatic carbocycles. The number of primary amides is 1. The SMILES string of the molecule is Cc1nc2scc(C)n2c1CNCCOCC(N)=O. The summed E-state index contributed by atoms with van der Waals surface area (Å²) >= 11 is 1.65. The van der Waals surface area contributed by atoms with Crippen LogP contribution in [0.1, 0.15) is 17.1 Å². The number of carbonyl (C=O) groups is 1. The molecular formula is C12H18N4O2S. The van der Waals surface area contributed by atoms with Gasteiger partial charge in [0.1, 0.15) is 6.61 Å². The molecule has 0 aliphatic heterocycles. The number of fused-ring (bicyclic) bond motifs is 1. The molecule has 2 aromatic heterocycles. The summed E-state index contributed by atoms with van der Waals surface area (Å²) < 4.78 is 7.25. The normalized spacial score (nSPS) is 11.3. The van der Waals surface area contributed by atoms with Crippen LogP contribution in [0.4, 0.5) is 0 Å². The molecule has 0 spiro atoms. The highest BCUT2D eigenvalue weighted by atomic mass is 32.1. The number of ether oxygens (including phenoxy) is 1. The van der Waals surface area contributed by atoms with Gasteiger partial charge in [-0.1, -0.05) is 0 Å². The van der Waals surface area contributed by atoms with Crippen molar-refractivity contribution in [3.63, 3.8) is 0 Å². The highest BCUT2D eigenvalue weighted by Crippen LogP contribution is 2.20. The van der Waals surface area contributed by atoms with E-state index in [9.17, 15) is 4.79 Å². The number of carbonyl (C=O) groups excluding carboxylic acids is 1. The van der Waals surface area contributed by atoms with Gasteiger partial charge in [0.15, 0.2) is 4.96 Å². The second-order valence-electron chi connectivity index (χ2n) is 4.33. The molecule has 19 heavy (non-hydrogen) atoms. The standard InChI is InChI=1S/C12H18N4O2S/c1-8-7-19-12-15-9(2)10(16(8)12)5-14-3-4-18-6-11(13)17/h7,14H,3-6H2,1-2H3,(H2,13,17). The van der Waals surface area contributed by atoms with E-state index in [4.69, 9.17) is 10.5 Å². The number of amides is 1. The van der Waals surface area contributed by atoms with E-state index in [2.05, 4.69) is 27.0 Å². The number of nitrogens with two attached hydrogens (primary N) is 1. The van der Waals surface area contributed by atoms with Crippen molar-refractivity contribution in [2.45, 2.75) is 20.4 Å². The second kappa shape index (κ2) is 6.14. The van der Waals surface area contributed by atoms with Crippen LogP contribution in [0.2, 0.25) is 0 Å². The molecule has 2 heterocycles. The van der Waals surface area contributed by atoms with E-state index < -0.39 is 5.91 Å². The van der Waals surface area contributed by atoms with E-state index >= 15 is 0 Å². The minimum atomic E-state index is -0.442. The van der Waals surface area contributed by atoms with Crippen molar-refractivity contribution in [3.05, 3.63) is 22.5 Å². The van der Waals surface area contributed by atoms with Crippen LogP contribution in [0.3, 0.4) is 0 Å². The monoisotopic (exact) mass is 282 g/mol. The molecule has 0 saturated heterocycles. The van der Waals surface area contributed by atoms with E-state index in [1.807, 2.05) is 6.92 Å². The lowest BCUT2D eigenvalue weighted by atomic mass is 10.3. The largest absolute Gasteiger partial charge is 0.370 e. The minimum Gasteiger partial charge on any atom is -0.370 e. The molecule has 0 unspecified atom stereocenters. The zero-order valence-corrected chi connectivity index (χ0v) is 11.9. The van der Waals surface area contributed by atoms with Crippen LogP contribution in [0.25, 0.3) is 4.96 Å². The van der Waals surface area contributed by atoms with Gasteiger partial charge < -0.3 is 15.8 Å². The van der Waals surface area contributed by atoms with Crippen LogP contribution < -0.4 is 11.1 Å². The molecule has 6 nitrogen and oxygen atoms in total. The quantitative estimate of drug-likeness (QED) is 0.729. The number of thiazole rings is 1. The van der Waals surface area contributed by atoms with Gasteiger partial charge in [-0.3, -0.25) is 9.20 Å². The van der Waals surface area contributed by atoms with Crippen molar-refractivity contribution in [1.82, 2.24) is 14.7 Å². The van der Waals surface area contributed by atoms with Crippen molar-refractivity contribution >= 4 is 22.2 Å². The highest BCUT2D eigenvalue weighted by Gasteiger charge is 2.11. The lowest BCUT2D eigenvalue weighted by molar-refractivity contribution is -0.122. The van der Waals surface area contributed by atoms with Gasteiger partial charge in [-0.25, -0.2) is 4.98 Å². The van der Waals surface area contributed by atoms with Crippen LogP contribution >= 0.6 is 11.3 Å². The molecule has 0 atom stereocenters. The van der Waals surface area contributed by atoms with E-state index in [0.717, 1.165) is 17.2 Å². The Balaban J connectivity index is 1.86. The number of imidazole rings is 1. The zero-order valence-electron chi connectivity index (χ0n) is 11.1. The summed E-state index contributed by atoms with van der Waals surface area (Å²) in [6, 6.07) is 0. The van der Waals surface area contributed by atoms with Gasteiger partial charge >= 0.3 is 0 Å². The Hall–Kier alpha value is -1.44. The molecule has 0 saturated carbocycles. The molecule has 2 aromatic rings. The third kappa shape index (κ3) is 3.31. The summed E-state index contributed by atoms with van der Waals surface area (Å²) in [6.45, 7) is 5.92. The van der Waals surface area contributed by atoms with Crippen molar-refractivity contribution in [2.24, 2.45) is 5.73 Å². The van der Waals surface area contributed by atoms with Crippen molar-refractivity contribution in [3.8, 4) is 0 Å². The Morgan fingerprint density at radius 3 is 3.11 bits per heavy atom. The van der Waals surface area contributed by atoms with E-state index in [1.54, 1.807) is 11.3 Å². The van der Waals surface area contributed by atoms with Crippen LogP contribution in [0, 0.1) is 13.8 Å². The Morgan fingerprint density at radius 1 is 1.58 bits per heavy atom. The first-order valence-corrected chi connectivity index (χ1v) is 6.96. The van der Waals surface area contributed by atoms with Crippen LogP contribution in [-0.4, -0.2) is 35.1 Å². The number of hydrogen-bond donors (Lipinski definition) is 2. The molecule has 0 aliphatic rings. The van der Waals surface area contributed by atoms with Crippen LogP contribution in [0.15, 0.2) is 5.38 Å². The van der Waals surface area contributed by atoms with Crippen molar-refractivity contribution in [1.29, 1.82) is 0 Å². The second-order valence-corrected chi connectivity index (χ2v) is 5.17. The van der Waals surface area contributed by atoms with Gasteiger partial charge in [-0.15, -0.1) is 11.3 Å². The highest BCUT2D eigenvalue weighted by molar-refractivity contribution is 7.15. The average molecular weight is 282 g/mol. The molecule has 7 heteroatoms. The third-order valence-electron chi connectivity index (χ3n) is 2.79. The topological polar surface area (TPSA) is 81.7 Å². The van der Waals surface area contributed by atoms with Gasteiger partial charge in [0.25, 0.3) is 0 Å². The summed E-state index contributed by atoms with van der Waals surface area (Å²) in [4.78, 5) is 16.0. The molecule has 2 rings (SSSR count). The summed E-state index contributed by atoms with van der Waals surface area (Å²) in [6.07, 6.45) is 0. The molecule has 104 valence electrons. The fourth-order valence-corrected chi connectivity index (χ4v) is 2.83. The fraction of sp³-hybridized carbons (Fsp3) is 0.500. The molecule has 0 fully saturated rings. The molecule has 1 amide bonds. The summed E-state index contributed by atoms with van der Waals surface area (Å²) in [7, 11) is 0. The zero-order chi connectivity index (χ0) is 13.8.